The molecule has 0 fully saturated rings. The first kappa shape index (κ1) is 12.0. The van der Waals surface area contributed by atoms with Crippen LogP contribution in [0.15, 0.2) is 29.6 Å². The molecule has 1 aromatic carbocycles. The summed E-state index contributed by atoms with van der Waals surface area (Å²) in [4.78, 5) is 1.20. The summed E-state index contributed by atoms with van der Waals surface area (Å²) in [5.74, 6) is 0. The third kappa shape index (κ3) is 2.61. The maximum absolute atomic E-state index is 5.88. The second-order valence-electron chi connectivity index (χ2n) is 4.12. The summed E-state index contributed by atoms with van der Waals surface area (Å²) in [5, 5.41) is 5.54. The number of nitrogen functional groups attached to an aromatic ring is 1. The summed E-state index contributed by atoms with van der Waals surface area (Å²) in [6.45, 7) is 5.13. The van der Waals surface area contributed by atoms with Crippen LogP contribution in [0, 0.1) is 6.92 Å². The normalized spacial score (nSPS) is 10.5. The van der Waals surface area contributed by atoms with E-state index < -0.39 is 0 Å². The standard InChI is InChI=1S/C14H18N2S/c1-3-11-6-4-5-10(2)14(11)16-9-13-12(15)7-8-17-13/h4-8,16H,3,9,15H2,1-2H3. The van der Waals surface area contributed by atoms with Gasteiger partial charge in [0.1, 0.15) is 0 Å². The minimum atomic E-state index is 0.807. The summed E-state index contributed by atoms with van der Waals surface area (Å²) in [6.07, 6.45) is 1.05. The van der Waals surface area contributed by atoms with Gasteiger partial charge >= 0.3 is 0 Å². The predicted octanol–water partition coefficient (Wildman–Crippen LogP) is 3.81. The van der Waals surface area contributed by atoms with E-state index in [-0.39, 0.29) is 0 Å². The highest BCUT2D eigenvalue weighted by Crippen LogP contribution is 2.24. The largest absolute Gasteiger partial charge is 0.398 e. The van der Waals surface area contributed by atoms with Crippen molar-refractivity contribution in [3.8, 4) is 0 Å². The van der Waals surface area contributed by atoms with Crippen LogP contribution >= 0.6 is 11.3 Å². The Kier molecular flexibility index (Phi) is 3.69. The highest BCUT2D eigenvalue weighted by Gasteiger charge is 2.05. The SMILES string of the molecule is CCc1cccc(C)c1NCc1sccc1N. The number of para-hydroxylation sites is 1. The van der Waals surface area contributed by atoms with Crippen molar-refractivity contribution >= 4 is 22.7 Å². The van der Waals surface area contributed by atoms with Crippen molar-refractivity contribution in [2.45, 2.75) is 26.8 Å². The van der Waals surface area contributed by atoms with E-state index in [9.17, 15) is 0 Å². The number of rotatable bonds is 4. The van der Waals surface area contributed by atoms with Crippen LogP contribution in [-0.2, 0) is 13.0 Å². The van der Waals surface area contributed by atoms with E-state index in [2.05, 4.69) is 37.4 Å². The van der Waals surface area contributed by atoms with Gasteiger partial charge in [0.2, 0.25) is 0 Å². The van der Waals surface area contributed by atoms with Crippen molar-refractivity contribution in [3.05, 3.63) is 45.6 Å². The average Bonchev–Trinajstić information content (AvgIpc) is 2.73. The van der Waals surface area contributed by atoms with Crippen molar-refractivity contribution in [3.63, 3.8) is 0 Å². The molecule has 2 rings (SSSR count). The topological polar surface area (TPSA) is 38.0 Å². The summed E-state index contributed by atoms with van der Waals surface area (Å²) < 4.78 is 0. The molecule has 0 spiro atoms. The van der Waals surface area contributed by atoms with Gasteiger partial charge in [-0.25, -0.2) is 0 Å². The summed E-state index contributed by atoms with van der Waals surface area (Å²) in [7, 11) is 0. The van der Waals surface area contributed by atoms with Crippen molar-refractivity contribution in [2.24, 2.45) is 0 Å². The second-order valence-corrected chi connectivity index (χ2v) is 5.12. The Morgan fingerprint density at radius 1 is 1.29 bits per heavy atom. The summed E-state index contributed by atoms with van der Waals surface area (Å²) in [6, 6.07) is 8.38. The average molecular weight is 246 g/mol. The van der Waals surface area contributed by atoms with Crippen molar-refractivity contribution < 1.29 is 0 Å². The van der Waals surface area contributed by atoms with Gasteiger partial charge in [-0.2, -0.15) is 0 Å². The molecule has 0 aliphatic carbocycles. The molecule has 2 nitrogen and oxygen atoms in total. The van der Waals surface area contributed by atoms with E-state index in [4.69, 9.17) is 5.73 Å². The van der Waals surface area contributed by atoms with Crippen LogP contribution in [0.4, 0.5) is 11.4 Å². The minimum absolute atomic E-state index is 0.807. The fourth-order valence-corrected chi connectivity index (χ4v) is 2.68. The molecule has 2 aromatic rings. The van der Waals surface area contributed by atoms with E-state index in [1.54, 1.807) is 11.3 Å². The van der Waals surface area contributed by atoms with Gasteiger partial charge in [-0.05, 0) is 35.9 Å². The van der Waals surface area contributed by atoms with Crippen LogP contribution in [0.25, 0.3) is 0 Å². The van der Waals surface area contributed by atoms with Gasteiger partial charge in [0.15, 0.2) is 0 Å². The molecule has 1 heterocycles. The molecule has 0 unspecified atom stereocenters. The fraction of sp³-hybridized carbons (Fsp3) is 0.286. The lowest BCUT2D eigenvalue weighted by molar-refractivity contribution is 1.09. The van der Waals surface area contributed by atoms with Crippen molar-refractivity contribution in [2.75, 3.05) is 11.1 Å². The Hall–Kier alpha value is -1.48. The fourth-order valence-electron chi connectivity index (χ4n) is 1.94. The van der Waals surface area contributed by atoms with Crippen molar-refractivity contribution in [1.82, 2.24) is 0 Å². The monoisotopic (exact) mass is 246 g/mol. The van der Waals surface area contributed by atoms with Crippen LogP contribution in [0.5, 0.6) is 0 Å². The van der Waals surface area contributed by atoms with E-state index in [1.807, 2.05) is 11.4 Å². The molecule has 3 heteroatoms. The minimum Gasteiger partial charge on any atom is -0.398 e. The molecule has 90 valence electrons. The quantitative estimate of drug-likeness (QED) is 0.860. The Morgan fingerprint density at radius 2 is 2.12 bits per heavy atom. The van der Waals surface area contributed by atoms with Crippen LogP contribution in [0.3, 0.4) is 0 Å². The molecule has 0 saturated heterocycles. The number of hydrogen-bond donors (Lipinski definition) is 2. The zero-order valence-electron chi connectivity index (χ0n) is 10.3. The lowest BCUT2D eigenvalue weighted by Crippen LogP contribution is -2.04. The Labute approximate surface area is 106 Å². The van der Waals surface area contributed by atoms with Gasteiger partial charge in [-0.1, -0.05) is 25.1 Å². The maximum atomic E-state index is 5.88. The van der Waals surface area contributed by atoms with Crippen molar-refractivity contribution in [1.29, 1.82) is 0 Å². The van der Waals surface area contributed by atoms with Crippen LogP contribution in [0.1, 0.15) is 22.9 Å². The van der Waals surface area contributed by atoms with Crippen LogP contribution in [0.2, 0.25) is 0 Å². The lowest BCUT2D eigenvalue weighted by atomic mass is 10.1. The molecule has 0 radical (unpaired) electrons. The first-order valence-corrected chi connectivity index (χ1v) is 6.74. The molecule has 0 aliphatic heterocycles. The molecule has 3 N–H and O–H groups in total. The number of nitrogens with two attached hydrogens (primary N) is 1. The third-order valence-electron chi connectivity index (χ3n) is 2.95. The van der Waals surface area contributed by atoms with Gasteiger partial charge in [0.25, 0.3) is 0 Å². The molecular formula is C14H18N2S. The van der Waals surface area contributed by atoms with E-state index >= 15 is 0 Å². The highest BCUT2D eigenvalue weighted by atomic mass is 32.1. The van der Waals surface area contributed by atoms with Gasteiger partial charge in [0, 0.05) is 16.3 Å². The first-order chi connectivity index (χ1) is 8.22. The molecule has 0 saturated carbocycles. The molecule has 0 amide bonds. The second kappa shape index (κ2) is 5.23. The molecule has 0 atom stereocenters. The number of hydrogen-bond acceptors (Lipinski definition) is 3. The first-order valence-electron chi connectivity index (χ1n) is 5.86. The number of nitrogens with one attached hydrogen (secondary N) is 1. The predicted molar refractivity (Wildman–Crippen MR) is 76.6 cm³/mol. The molecule has 0 bridgehead atoms. The number of benzene rings is 1. The Bertz CT molecular complexity index is 503. The van der Waals surface area contributed by atoms with Gasteiger partial charge in [0.05, 0.1) is 6.54 Å². The van der Waals surface area contributed by atoms with Crippen LogP contribution < -0.4 is 11.1 Å². The van der Waals surface area contributed by atoms with E-state index in [0.717, 1.165) is 18.7 Å². The van der Waals surface area contributed by atoms with Crippen LogP contribution in [-0.4, -0.2) is 0 Å². The van der Waals surface area contributed by atoms with Gasteiger partial charge in [-0.3, -0.25) is 0 Å². The maximum Gasteiger partial charge on any atom is 0.0515 e. The van der Waals surface area contributed by atoms with E-state index in [0.29, 0.717) is 0 Å². The van der Waals surface area contributed by atoms with E-state index in [1.165, 1.54) is 21.7 Å². The highest BCUT2D eigenvalue weighted by molar-refractivity contribution is 7.10. The lowest BCUT2D eigenvalue weighted by Gasteiger charge is -2.13. The third-order valence-corrected chi connectivity index (χ3v) is 3.88. The Morgan fingerprint density at radius 3 is 2.76 bits per heavy atom. The zero-order valence-corrected chi connectivity index (χ0v) is 11.1. The number of thiophene rings is 1. The summed E-state index contributed by atoms with van der Waals surface area (Å²) >= 11 is 1.70. The Balaban J connectivity index is 2.16. The molecule has 1 aromatic heterocycles. The van der Waals surface area contributed by atoms with Gasteiger partial charge < -0.3 is 11.1 Å². The number of aryl methyl sites for hydroxylation is 2. The van der Waals surface area contributed by atoms with Gasteiger partial charge in [-0.15, -0.1) is 11.3 Å². The zero-order chi connectivity index (χ0) is 12.3. The number of anilines is 2. The molecule has 0 aliphatic rings. The molecular weight excluding hydrogens is 228 g/mol. The summed E-state index contributed by atoms with van der Waals surface area (Å²) in [5.41, 5.74) is 10.7. The molecule has 17 heavy (non-hydrogen) atoms. The smallest absolute Gasteiger partial charge is 0.0515 e.